The molecule has 0 aromatic heterocycles. The van der Waals surface area contributed by atoms with Crippen LogP contribution in [0.5, 0.6) is 11.5 Å². The minimum absolute atomic E-state index is 0.207. The van der Waals surface area contributed by atoms with Crippen molar-refractivity contribution in [1.29, 1.82) is 0 Å². The Hall–Kier alpha value is -2.24. The molecule has 0 amide bonds. The topological polar surface area (TPSA) is 40.2 Å². The van der Waals surface area contributed by atoms with Gasteiger partial charge in [0.1, 0.15) is 11.5 Å². The molecule has 0 N–H and O–H groups in total. The highest BCUT2D eigenvalue weighted by atomic mass is 16.7. The molecule has 0 atom stereocenters. The molecule has 24 heavy (non-hydrogen) atoms. The summed E-state index contributed by atoms with van der Waals surface area (Å²) in [6, 6.07) is 15.8. The Morgan fingerprint density at radius 1 is 0.750 bits per heavy atom. The van der Waals surface area contributed by atoms with Crippen LogP contribution in [0, 0.1) is 0 Å². The fourth-order valence-electron chi connectivity index (χ4n) is 2.44. The lowest BCUT2D eigenvalue weighted by atomic mass is 10.2. The first-order chi connectivity index (χ1) is 11.8. The summed E-state index contributed by atoms with van der Waals surface area (Å²) in [5.41, 5.74) is 1.95. The molecule has 0 saturated heterocycles. The summed E-state index contributed by atoms with van der Waals surface area (Å²) < 4.78 is 21.5. The quantitative estimate of drug-likeness (QED) is 0.610. The van der Waals surface area contributed by atoms with Gasteiger partial charge in [0.05, 0.1) is 11.4 Å². The summed E-state index contributed by atoms with van der Waals surface area (Å²) in [5, 5.41) is 0. The normalized spacial score (nSPS) is 10.5. The summed E-state index contributed by atoms with van der Waals surface area (Å²) in [4.78, 5) is 2.19. The molecule has 0 radical (unpaired) electrons. The van der Waals surface area contributed by atoms with Crippen molar-refractivity contribution in [2.24, 2.45) is 0 Å². The molecule has 0 aliphatic rings. The second-order valence-corrected chi connectivity index (χ2v) is 5.19. The van der Waals surface area contributed by atoms with E-state index in [0.717, 1.165) is 35.8 Å². The molecule has 0 heterocycles. The molecule has 2 aromatic rings. The first kappa shape index (κ1) is 18.1. The van der Waals surface area contributed by atoms with Gasteiger partial charge in [0, 0.05) is 20.8 Å². The van der Waals surface area contributed by atoms with Gasteiger partial charge in [0.2, 0.25) is 0 Å². The van der Waals surface area contributed by atoms with E-state index in [1.165, 1.54) is 0 Å². The molecule has 0 fully saturated rings. The van der Waals surface area contributed by atoms with Crippen molar-refractivity contribution in [2.75, 3.05) is 39.3 Å². The number of benzene rings is 2. The van der Waals surface area contributed by atoms with Crippen molar-refractivity contribution in [3.8, 4) is 11.5 Å². The lowest BCUT2D eigenvalue weighted by Crippen LogP contribution is -2.20. The number of hydrogen-bond acceptors (Lipinski definition) is 5. The van der Waals surface area contributed by atoms with Crippen LogP contribution in [0.4, 0.5) is 11.4 Å². The third-order valence-corrected chi connectivity index (χ3v) is 3.42. The van der Waals surface area contributed by atoms with Crippen LogP contribution >= 0.6 is 0 Å². The molecular weight excluding hydrogens is 306 g/mol. The number of anilines is 2. The van der Waals surface area contributed by atoms with Crippen LogP contribution in [0.2, 0.25) is 0 Å². The lowest BCUT2D eigenvalue weighted by molar-refractivity contribution is 0.0510. The zero-order valence-corrected chi connectivity index (χ0v) is 14.5. The Balaban J connectivity index is 2.40. The standard InChI is InChI=1S/C19H25NO4/c1-4-13-20(16-9-5-7-11-18(16)23-14-21-2)17-10-6-8-12-19(17)24-15-22-3/h5-12H,4,13-15H2,1-3H3. The number of methoxy groups -OCH3 is 2. The minimum Gasteiger partial charge on any atom is -0.465 e. The van der Waals surface area contributed by atoms with Gasteiger partial charge in [-0.2, -0.15) is 0 Å². The van der Waals surface area contributed by atoms with Crippen LogP contribution in [-0.4, -0.2) is 34.4 Å². The van der Waals surface area contributed by atoms with Gasteiger partial charge in [-0.05, 0) is 30.7 Å². The van der Waals surface area contributed by atoms with Crippen LogP contribution in [0.3, 0.4) is 0 Å². The molecule has 5 heteroatoms. The van der Waals surface area contributed by atoms with E-state index in [1.54, 1.807) is 14.2 Å². The van der Waals surface area contributed by atoms with Gasteiger partial charge < -0.3 is 23.8 Å². The van der Waals surface area contributed by atoms with E-state index in [2.05, 4.69) is 11.8 Å². The van der Waals surface area contributed by atoms with Crippen molar-refractivity contribution < 1.29 is 18.9 Å². The average Bonchev–Trinajstić information content (AvgIpc) is 2.63. The molecule has 130 valence electrons. The molecule has 0 bridgehead atoms. The summed E-state index contributed by atoms with van der Waals surface area (Å²) in [6.07, 6.45) is 0.983. The van der Waals surface area contributed by atoms with Crippen LogP contribution < -0.4 is 14.4 Å². The zero-order valence-electron chi connectivity index (χ0n) is 14.5. The second-order valence-electron chi connectivity index (χ2n) is 5.19. The minimum atomic E-state index is 0.207. The van der Waals surface area contributed by atoms with Gasteiger partial charge in [0.15, 0.2) is 13.6 Å². The van der Waals surface area contributed by atoms with E-state index in [-0.39, 0.29) is 13.6 Å². The van der Waals surface area contributed by atoms with Gasteiger partial charge in [-0.1, -0.05) is 31.2 Å². The Kier molecular flexibility index (Phi) is 7.39. The van der Waals surface area contributed by atoms with E-state index < -0.39 is 0 Å². The third-order valence-electron chi connectivity index (χ3n) is 3.42. The number of nitrogens with zero attached hydrogens (tertiary/aromatic N) is 1. The van der Waals surface area contributed by atoms with Crippen molar-refractivity contribution in [2.45, 2.75) is 13.3 Å². The summed E-state index contributed by atoms with van der Waals surface area (Å²) in [7, 11) is 3.22. The second kappa shape index (κ2) is 9.80. The molecular formula is C19H25NO4. The SMILES string of the molecule is CCCN(c1ccccc1OCOC)c1ccccc1OCOC. The van der Waals surface area contributed by atoms with Crippen LogP contribution in [-0.2, 0) is 9.47 Å². The van der Waals surface area contributed by atoms with Gasteiger partial charge in [0.25, 0.3) is 0 Å². The van der Waals surface area contributed by atoms with E-state index in [9.17, 15) is 0 Å². The molecule has 0 unspecified atom stereocenters. The van der Waals surface area contributed by atoms with Crippen molar-refractivity contribution in [3.63, 3.8) is 0 Å². The maximum absolute atomic E-state index is 5.73. The first-order valence-corrected chi connectivity index (χ1v) is 8.00. The molecule has 0 aliphatic carbocycles. The van der Waals surface area contributed by atoms with E-state index in [1.807, 2.05) is 48.5 Å². The Bertz CT molecular complexity index is 566. The van der Waals surface area contributed by atoms with E-state index >= 15 is 0 Å². The summed E-state index contributed by atoms with van der Waals surface area (Å²) in [6.45, 7) is 3.39. The Labute approximate surface area is 143 Å². The molecule has 0 saturated carbocycles. The van der Waals surface area contributed by atoms with E-state index in [4.69, 9.17) is 18.9 Å². The van der Waals surface area contributed by atoms with Crippen LogP contribution in [0.1, 0.15) is 13.3 Å². The number of hydrogen-bond donors (Lipinski definition) is 0. The zero-order chi connectivity index (χ0) is 17.2. The monoisotopic (exact) mass is 331 g/mol. The van der Waals surface area contributed by atoms with Crippen LogP contribution in [0.15, 0.2) is 48.5 Å². The van der Waals surface area contributed by atoms with E-state index in [0.29, 0.717) is 0 Å². The number of para-hydroxylation sites is 4. The maximum Gasteiger partial charge on any atom is 0.188 e. The molecule has 5 nitrogen and oxygen atoms in total. The maximum atomic E-state index is 5.73. The number of ether oxygens (including phenoxy) is 4. The van der Waals surface area contributed by atoms with Crippen molar-refractivity contribution >= 4 is 11.4 Å². The van der Waals surface area contributed by atoms with Crippen molar-refractivity contribution in [1.82, 2.24) is 0 Å². The summed E-state index contributed by atoms with van der Waals surface area (Å²) in [5.74, 6) is 1.55. The van der Waals surface area contributed by atoms with Gasteiger partial charge in [-0.25, -0.2) is 0 Å². The summed E-state index contributed by atoms with van der Waals surface area (Å²) >= 11 is 0. The van der Waals surface area contributed by atoms with Gasteiger partial charge >= 0.3 is 0 Å². The Morgan fingerprint density at radius 2 is 1.21 bits per heavy atom. The largest absolute Gasteiger partial charge is 0.465 e. The highest BCUT2D eigenvalue weighted by Crippen LogP contribution is 2.38. The van der Waals surface area contributed by atoms with Crippen molar-refractivity contribution in [3.05, 3.63) is 48.5 Å². The highest BCUT2D eigenvalue weighted by Gasteiger charge is 2.17. The molecule has 2 rings (SSSR count). The van der Waals surface area contributed by atoms with Gasteiger partial charge in [-0.15, -0.1) is 0 Å². The fraction of sp³-hybridized carbons (Fsp3) is 0.368. The Morgan fingerprint density at radius 3 is 1.62 bits per heavy atom. The lowest BCUT2D eigenvalue weighted by Gasteiger charge is -2.28. The third kappa shape index (κ3) is 4.63. The fourth-order valence-corrected chi connectivity index (χ4v) is 2.44. The highest BCUT2D eigenvalue weighted by molar-refractivity contribution is 5.73. The predicted molar refractivity (Wildman–Crippen MR) is 95.2 cm³/mol. The van der Waals surface area contributed by atoms with Crippen LogP contribution in [0.25, 0.3) is 0 Å². The number of rotatable bonds is 10. The molecule has 0 spiro atoms. The molecule has 0 aliphatic heterocycles. The predicted octanol–water partition coefficient (Wildman–Crippen LogP) is 4.20. The molecule has 2 aromatic carbocycles. The van der Waals surface area contributed by atoms with Gasteiger partial charge in [-0.3, -0.25) is 0 Å². The average molecular weight is 331 g/mol. The first-order valence-electron chi connectivity index (χ1n) is 8.00. The smallest absolute Gasteiger partial charge is 0.188 e.